The highest BCUT2D eigenvalue weighted by molar-refractivity contribution is 7.47. The zero-order valence-electron chi connectivity index (χ0n) is 34.8. The van der Waals surface area contributed by atoms with Crippen LogP contribution in [0.4, 0.5) is 0 Å². The number of phosphoric acid groups is 1. The molecule has 0 amide bonds. The van der Waals surface area contributed by atoms with Gasteiger partial charge in [0, 0.05) is 19.4 Å². The molecule has 0 aromatic rings. The number of esters is 2. The van der Waals surface area contributed by atoms with E-state index in [2.05, 4.69) is 74.6 Å². The van der Waals surface area contributed by atoms with Gasteiger partial charge in [-0.05, 0) is 77.0 Å². The summed E-state index contributed by atoms with van der Waals surface area (Å²) in [5, 5.41) is 0. The normalized spacial score (nSPS) is 17.6. The van der Waals surface area contributed by atoms with Crippen molar-refractivity contribution >= 4 is 19.8 Å². The molecule has 1 fully saturated rings. The van der Waals surface area contributed by atoms with Crippen LogP contribution in [-0.4, -0.2) is 61.5 Å². The summed E-state index contributed by atoms with van der Waals surface area (Å²) in [5.41, 5.74) is 5.34. The Labute approximate surface area is 339 Å². The van der Waals surface area contributed by atoms with Gasteiger partial charge >= 0.3 is 19.8 Å². The predicted molar refractivity (Wildman–Crippen MR) is 228 cm³/mol. The van der Waals surface area contributed by atoms with Crippen LogP contribution >= 0.6 is 7.82 Å². The van der Waals surface area contributed by atoms with Gasteiger partial charge in [0.05, 0.1) is 25.4 Å². The van der Waals surface area contributed by atoms with E-state index in [1.807, 2.05) is 12.2 Å². The average molecular weight is 806 g/mol. The molecule has 11 heteroatoms. The van der Waals surface area contributed by atoms with Gasteiger partial charge in [0.1, 0.15) is 6.61 Å². The van der Waals surface area contributed by atoms with Crippen LogP contribution in [0.3, 0.4) is 0 Å². The van der Waals surface area contributed by atoms with Crippen molar-refractivity contribution in [1.29, 1.82) is 0 Å². The first-order valence-electron chi connectivity index (χ1n) is 21.5. The van der Waals surface area contributed by atoms with Crippen LogP contribution in [0.15, 0.2) is 72.9 Å². The first-order chi connectivity index (χ1) is 27.3. The molecule has 0 aromatic carbocycles. The average Bonchev–Trinajstić information content (AvgIpc) is 3.96. The van der Waals surface area contributed by atoms with E-state index >= 15 is 0 Å². The number of rotatable bonds is 38. The number of phosphoric ester groups is 1. The lowest BCUT2D eigenvalue weighted by molar-refractivity contribution is -0.161. The van der Waals surface area contributed by atoms with E-state index in [0.717, 1.165) is 70.6 Å². The molecule has 0 aliphatic carbocycles. The number of epoxide rings is 1. The van der Waals surface area contributed by atoms with Crippen molar-refractivity contribution in [2.75, 3.05) is 26.4 Å². The minimum Gasteiger partial charge on any atom is -0.462 e. The van der Waals surface area contributed by atoms with Crippen LogP contribution in [0.1, 0.15) is 155 Å². The molecule has 3 N–H and O–H groups in total. The van der Waals surface area contributed by atoms with Gasteiger partial charge in [0.25, 0.3) is 0 Å². The number of hydrogen-bond acceptors (Lipinski definition) is 9. The second-order valence-electron chi connectivity index (χ2n) is 14.2. The zero-order valence-corrected chi connectivity index (χ0v) is 35.7. The van der Waals surface area contributed by atoms with E-state index < -0.39 is 32.5 Å². The summed E-state index contributed by atoms with van der Waals surface area (Å²) in [7, 11) is -4.40. The Bertz CT molecular complexity index is 1210. The van der Waals surface area contributed by atoms with E-state index in [9.17, 15) is 19.0 Å². The van der Waals surface area contributed by atoms with Gasteiger partial charge in [0.15, 0.2) is 6.10 Å². The minimum absolute atomic E-state index is 0.0358. The van der Waals surface area contributed by atoms with Crippen LogP contribution < -0.4 is 5.73 Å². The molecule has 0 saturated carbocycles. The third-order valence-corrected chi connectivity index (χ3v) is 10.0. The van der Waals surface area contributed by atoms with Crippen LogP contribution in [-0.2, 0) is 37.4 Å². The molecule has 4 unspecified atom stereocenters. The van der Waals surface area contributed by atoms with Crippen molar-refractivity contribution in [1.82, 2.24) is 0 Å². The van der Waals surface area contributed by atoms with Crippen molar-refractivity contribution in [3.8, 4) is 0 Å². The third kappa shape index (κ3) is 33.5. The maximum absolute atomic E-state index is 12.5. The molecule has 10 nitrogen and oxygen atoms in total. The third-order valence-electron chi connectivity index (χ3n) is 9.06. The molecule has 0 aromatic heterocycles. The first-order valence-corrected chi connectivity index (χ1v) is 23.0. The molecule has 1 heterocycles. The highest BCUT2D eigenvalue weighted by atomic mass is 31.2. The van der Waals surface area contributed by atoms with E-state index in [0.29, 0.717) is 25.0 Å². The highest BCUT2D eigenvalue weighted by Gasteiger charge is 2.35. The number of carbonyl (C=O) groups excluding carboxylic acids is 2. The Morgan fingerprint density at radius 3 is 1.75 bits per heavy atom. The number of ether oxygens (including phenoxy) is 3. The molecule has 1 saturated heterocycles. The molecule has 320 valence electrons. The first kappa shape index (κ1) is 51.4. The van der Waals surface area contributed by atoms with E-state index in [4.69, 9.17) is 29.0 Å². The van der Waals surface area contributed by atoms with Crippen molar-refractivity contribution in [2.45, 2.75) is 173 Å². The monoisotopic (exact) mass is 806 g/mol. The van der Waals surface area contributed by atoms with Crippen LogP contribution in [0.2, 0.25) is 0 Å². The van der Waals surface area contributed by atoms with Crippen molar-refractivity contribution in [3.05, 3.63) is 72.9 Å². The van der Waals surface area contributed by atoms with Crippen molar-refractivity contribution < 1.29 is 42.3 Å². The Morgan fingerprint density at radius 1 is 0.643 bits per heavy atom. The molecular formula is C45H76NO9P. The van der Waals surface area contributed by atoms with Gasteiger partial charge in [-0.25, -0.2) is 4.57 Å². The quantitative estimate of drug-likeness (QED) is 0.0203. The summed E-state index contributed by atoms with van der Waals surface area (Å²) in [6, 6.07) is 0. The molecule has 0 spiro atoms. The zero-order chi connectivity index (χ0) is 40.8. The number of unbranched alkanes of at least 4 members (excludes halogenated alkanes) is 11. The topological polar surface area (TPSA) is 147 Å². The van der Waals surface area contributed by atoms with Gasteiger partial charge in [0.2, 0.25) is 0 Å². The summed E-state index contributed by atoms with van der Waals surface area (Å²) in [4.78, 5) is 34.8. The maximum atomic E-state index is 12.5. The smallest absolute Gasteiger partial charge is 0.462 e. The lowest BCUT2D eigenvalue weighted by Crippen LogP contribution is -2.29. The van der Waals surface area contributed by atoms with Gasteiger partial charge in [-0.3, -0.25) is 18.6 Å². The maximum Gasteiger partial charge on any atom is 0.472 e. The molecule has 4 atom stereocenters. The highest BCUT2D eigenvalue weighted by Crippen LogP contribution is 2.43. The van der Waals surface area contributed by atoms with Crippen LogP contribution in [0.25, 0.3) is 0 Å². The fourth-order valence-corrected chi connectivity index (χ4v) is 6.49. The Kier molecular flexibility index (Phi) is 33.7. The Balaban J connectivity index is 2.24. The largest absolute Gasteiger partial charge is 0.472 e. The number of hydrogen-bond donors (Lipinski definition) is 2. The summed E-state index contributed by atoms with van der Waals surface area (Å²) in [6.07, 6.45) is 47.1. The second-order valence-corrected chi connectivity index (χ2v) is 15.7. The summed E-state index contributed by atoms with van der Waals surface area (Å²) in [6.45, 7) is 3.51. The lowest BCUT2D eigenvalue weighted by Gasteiger charge is -2.19. The van der Waals surface area contributed by atoms with E-state index in [1.54, 1.807) is 0 Å². The van der Waals surface area contributed by atoms with Gasteiger partial charge < -0.3 is 24.8 Å². The minimum atomic E-state index is -4.40. The number of allylic oxidation sites excluding steroid dienone is 11. The Morgan fingerprint density at radius 2 is 1.18 bits per heavy atom. The summed E-state index contributed by atoms with van der Waals surface area (Å²) in [5.74, 6) is -0.946. The van der Waals surface area contributed by atoms with Gasteiger partial charge in [-0.1, -0.05) is 138 Å². The van der Waals surface area contributed by atoms with Crippen molar-refractivity contribution in [2.24, 2.45) is 5.73 Å². The number of carbonyl (C=O) groups is 2. The molecule has 1 aliphatic rings. The Hall–Kier alpha value is -2.59. The predicted octanol–water partition coefficient (Wildman–Crippen LogP) is 11.3. The molecule has 1 rings (SSSR count). The fraction of sp³-hybridized carbons (Fsp3) is 0.689. The lowest BCUT2D eigenvalue weighted by atomic mass is 10.1. The van der Waals surface area contributed by atoms with Gasteiger partial charge in [-0.2, -0.15) is 0 Å². The molecule has 56 heavy (non-hydrogen) atoms. The fourth-order valence-electron chi connectivity index (χ4n) is 5.72. The summed E-state index contributed by atoms with van der Waals surface area (Å²) < 4.78 is 38.2. The second kappa shape index (κ2) is 36.7. The standard InChI is InChI=1S/C45H76NO9P/c1-3-5-6-7-8-9-10-11-13-17-20-23-26-29-32-35-44(47)51-39-41(40-53-56(49,50)52-38-37-46)54-45(48)36-33-30-27-24-21-18-15-12-14-16-19-22-25-28-31-34-43-42(4-2)55-43/h11-14,18-19,21-22,27-28,30-31,41-43H,3-10,15-17,20,23-26,29,32-40,46H2,1-2H3,(H,49,50)/b13-11-,14-12+,21-18+,22-19+,30-27+,31-28+. The SMILES string of the molecule is CCCCCCCC/C=C\CCCCCCCC(=O)OCC(COP(=O)(O)OCCN)OC(=O)CC/C=C/C/C=C/C/C=C/C/C=C/C/C=C/CC1OC1CC. The van der Waals surface area contributed by atoms with Crippen molar-refractivity contribution in [3.63, 3.8) is 0 Å². The van der Waals surface area contributed by atoms with Crippen LogP contribution in [0.5, 0.6) is 0 Å². The van der Waals surface area contributed by atoms with E-state index in [-0.39, 0.29) is 32.6 Å². The van der Waals surface area contributed by atoms with E-state index in [1.165, 1.54) is 44.9 Å². The van der Waals surface area contributed by atoms with Gasteiger partial charge in [-0.15, -0.1) is 0 Å². The van der Waals surface area contributed by atoms with Crippen LogP contribution in [0, 0.1) is 0 Å². The molecule has 0 bridgehead atoms. The molecule has 1 aliphatic heterocycles. The summed E-state index contributed by atoms with van der Waals surface area (Å²) >= 11 is 0. The molecule has 0 radical (unpaired) electrons. The molecular weight excluding hydrogens is 729 g/mol. The number of nitrogens with two attached hydrogens (primary N) is 1.